The molecule has 0 unspecified atom stereocenters. The highest BCUT2D eigenvalue weighted by Gasteiger charge is 2.36. The fraction of sp³-hybridized carbons (Fsp3) is 0.579. The first-order valence-electron chi connectivity index (χ1n) is 9.00. The van der Waals surface area contributed by atoms with Gasteiger partial charge in [-0.2, -0.15) is 0 Å². The fourth-order valence-corrected chi connectivity index (χ4v) is 3.89. The zero-order chi connectivity index (χ0) is 17.8. The Morgan fingerprint density at radius 2 is 1.84 bits per heavy atom. The van der Waals surface area contributed by atoms with E-state index in [1.807, 2.05) is 30.1 Å². The first-order chi connectivity index (χ1) is 12.0. The van der Waals surface area contributed by atoms with E-state index in [9.17, 15) is 14.7 Å². The average Bonchev–Trinajstić information content (AvgIpc) is 2.78. The van der Waals surface area contributed by atoms with E-state index in [0.717, 1.165) is 19.5 Å². The molecule has 6 nitrogen and oxygen atoms in total. The van der Waals surface area contributed by atoms with E-state index < -0.39 is 5.97 Å². The zero-order valence-electron chi connectivity index (χ0n) is 14.8. The molecule has 2 saturated heterocycles. The Balaban J connectivity index is 1.56. The number of aryl methyl sites for hydroxylation is 1. The van der Waals surface area contributed by atoms with Gasteiger partial charge in [0.05, 0.1) is 5.92 Å². The van der Waals surface area contributed by atoms with Crippen LogP contribution < -0.4 is 0 Å². The van der Waals surface area contributed by atoms with Gasteiger partial charge in [0.25, 0.3) is 0 Å². The van der Waals surface area contributed by atoms with Crippen LogP contribution >= 0.6 is 0 Å². The van der Waals surface area contributed by atoms with Crippen LogP contribution in [-0.4, -0.2) is 84.0 Å². The zero-order valence-corrected chi connectivity index (χ0v) is 14.8. The Labute approximate surface area is 149 Å². The van der Waals surface area contributed by atoms with Gasteiger partial charge in [0.15, 0.2) is 0 Å². The molecule has 0 spiro atoms. The number of hydrogen-bond acceptors (Lipinski definition) is 4. The van der Waals surface area contributed by atoms with Crippen LogP contribution in [0, 0.1) is 5.92 Å². The topological polar surface area (TPSA) is 64.1 Å². The molecule has 1 N–H and O–H groups in total. The van der Waals surface area contributed by atoms with Gasteiger partial charge in [-0.25, -0.2) is 0 Å². The molecule has 0 aliphatic carbocycles. The van der Waals surface area contributed by atoms with Crippen LogP contribution in [0.15, 0.2) is 30.3 Å². The van der Waals surface area contributed by atoms with Gasteiger partial charge in [-0.1, -0.05) is 30.3 Å². The molecule has 2 aliphatic rings. The summed E-state index contributed by atoms with van der Waals surface area (Å²) in [6.45, 7) is 4.12. The molecule has 0 bridgehead atoms. The highest BCUT2D eigenvalue weighted by Crippen LogP contribution is 2.19. The highest BCUT2D eigenvalue weighted by atomic mass is 16.4. The van der Waals surface area contributed by atoms with Crippen LogP contribution in [-0.2, 0) is 16.0 Å². The van der Waals surface area contributed by atoms with E-state index in [0.29, 0.717) is 32.6 Å². The molecule has 0 radical (unpaired) electrons. The molecule has 6 heteroatoms. The first-order valence-corrected chi connectivity index (χ1v) is 9.00. The summed E-state index contributed by atoms with van der Waals surface area (Å²) in [4.78, 5) is 30.3. The van der Waals surface area contributed by atoms with Crippen LogP contribution in [0.5, 0.6) is 0 Å². The quantitative estimate of drug-likeness (QED) is 0.874. The molecule has 136 valence electrons. The molecular weight excluding hydrogens is 318 g/mol. The van der Waals surface area contributed by atoms with E-state index in [1.54, 1.807) is 0 Å². The number of hydrogen-bond donors (Lipinski definition) is 1. The second kappa shape index (κ2) is 7.97. The number of rotatable bonds is 4. The smallest absolute Gasteiger partial charge is 0.309 e. The molecule has 3 rings (SSSR count). The lowest BCUT2D eigenvalue weighted by Gasteiger charge is -2.41. The minimum absolute atomic E-state index is 0.199. The Morgan fingerprint density at radius 1 is 1.08 bits per heavy atom. The lowest BCUT2D eigenvalue weighted by atomic mass is 10.1. The summed E-state index contributed by atoms with van der Waals surface area (Å²) in [5, 5.41) is 9.37. The average molecular weight is 345 g/mol. The molecule has 1 aromatic rings. The van der Waals surface area contributed by atoms with Crippen LogP contribution in [0.2, 0.25) is 0 Å². The van der Waals surface area contributed by atoms with Gasteiger partial charge in [-0.15, -0.1) is 0 Å². The normalized spacial score (nSPS) is 25.2. The molecule has 1 amide bonds. The van der Waals surface area contributed by atoms with E-state index in [4.69, 9.17) is 0 Å². The van der Waals surface area contributed by atoms with Crippen LogP contribution in [0.4, 0.5) is 0 Å². The maximum Gasteiger partial charge on any atom is 0.309 e. The van der Waals surface area contributed by atoms with Crippen molar-refractivity contribution in [2.24, 2.45) is 5.92 Å². The molecule has 0 aromatic heterocycles. The molecule has 25 heavy (non-hydrogen) atoms. The van der Waals surface area contributed by atoms with Crippen molar-refractivity contribution in [2.45, 2.75) is 18.9 Å². The van der Waals surface area contributed by atoms with Crippen molar-refractivity contribution in [3.05, 3.63) is 35.9 Å². The third-order valence-corrected chi connectivity index (χ3v) is 5.29. The molecule has 2 atom stereocenters. The summed E-state index contributed by atoms with van der Waals surface area (Å²) < 4.78 is 0. The monoisotopic (exact) mass is 345 g/mol. The maximum atomic E-state index is 12.6. The minimum Gasteiger partial charge on any atom is -0.481 e. The Hall–Kier alpha value is -1.92. The largest absolute Gasteiger partial charge is 0.481 e. The van der Waals surface area contributed by atoms with Gasteiger partial charge < -0.3 is 14.9 Å². The van der Waals surface area contributed by atoms with E-state index in [-0.39, 0.29) is 17.9 Å². The predicted molar refractivity (Wildman–Crippen MR) is 95.3 cm³/mol. The Kier molecular flexibility index (Phi) is 5.71. The maximum absolute atomic E-state index is 12.6. The Morgan fingerprint density at radius 3 is 2.56 bits per heavy atom. The summed E-state index contributed by atoms with van der Waals surface area (Å²) in [7, 11) is 1.97. The number of amides is 1. The van der Waals surface area contributed by atoms with Gasteiger partial charge in [0, 0.05) is 51.7 Å². The second-order valence-electron chi connectivity index (χ2n) is 7.23. The van der Waals surface area contributed by atoms with Gasteiger partial charge in [-0.3, -0.25) is 14.5 Å². The Bertz CT molecular complexity index is 607. The summed E-state index contributed by atoms with van der Waals surface area (Å²) >= 11 is 0. The summed E-state index contributed by atoms with van der Waals surface area (Å²) in [5.74, 6) is -0.880. The van der Waals surface area contributed by atoms with Gasteiger partial charge in [0.2, 0.25) is 5.91 Å². The standard InChI is InChI=1S/C19H27N3O3/c1-20-11-16(19(24)25)12-21-9-10-22(14-17(21)13-20)18(23)8-7-15-5-3-2-4-6-15/h2-6,16-17H,7-14H2,1H3,(H,24,25)/t16-,17+/m1/s1. The van der Waals surface area contributed by atoms with Crippen LogP contribution in [0.25, 0.3) is 0 Å². The van der Waals surface area contributed by atoms with Gasteiger partial charge in [-0.05, 0) is 19.0 Å². The number of nitrogens with zero attached hydrogens (tertiary/aromatic N) is 3. The lowest BCUT2D eigenvalue weighted by molar-refractivity contribution is -0.143. The summed E-state index contributed by atoms with van der Waals surface area (Å²) in [6, 6.07) is 10.3. The van der Waals surface area contributed by atoms with Crippen molar-refractivity contribution in [1.82, 2.24) is 14.7 Å². The van der Waals surface area contributed by atoms with Gasteiger partial charge >= 0.3 is 5.97 Å². The summed E-state index contributed by atoms with van der Waals surface area (Å²) in [6.07, 6.45) is 1.30. The molecule has 2 heterocycles. The summed E-state index contributed by atoms with van der Waals surface area (Å²) in [5.41, 5.74) is 1.19. The van der Waals surface area contributed by atoms with E-state index in [2.05, 4.69) is 21.9 Å². The molecular formula is C19H27N3O3. The molecule has 2 fully saturated rings. The van der Waals surface area contributed by atoms with Crippen molar-refractivity contribution >= 4 is 11.9 Å². The highest BCUT2D eigenvalue weighted by molar-refractivity contribution is 5.76. The van der Waals surface area contributed by atoms with Crippen LogP contribution in [0.3, 0.4) is 0 Å². The third kappa shape index (κ3) is 4.58. The third-order valence-electron chi connectivity index (χ3n) is 5.29. The number of piperazine rings is 1. The van der Waals surface area contributed by atoms with Crippen molar-refractivity contribution in [3.8, 4) is 0 Å². The van der Waals surface area contributed by atoms with Crippen molar-refractivity contribution in [1.29, 1.82) is 0 Å². The number of carbonyl (C=O) groups is 2. The number of fused-ring (bicyclic) bond motifs is 1. The number of carbonyl (C=O) groups excluding carboxylic acids is 1. The van der Waals surface area contributed by atoms with E-state index >= 15 is 0 Å². The van der Waals surface area contributed by atoms with Crippen molar-refractivity contribution in [2.75, 3.05) is 46.3 Å². The van der Waals surface area contributed by atoms with Crippen LogP contribution in [0.1, 0.15) is 12.0 Å². The number of aliphatic carboxylic acids is 1. The number of benzene rings is 1. The fourth-order valence-electron chi connectivity index (χ4n) is 3.89. The van der Waals surface area contributed by atoms with Gasteiger partial charge in [0.1, 0.15) is 0 Å². The number of likely N-dealkylation sites (N-methyl/N-ethyl adjacent to an activating group) is 1. The van der Waals surface area contributed by atoms with E-state index in [1.165, 1.54) is 5.56 Å². The SMILES string of the molecule is CN1C[C@@H](C(=O)O)CN2CCN(C(=O)CCc3ccccc3)C[C@@H]2C1. The minimum atomic E-state index is -0.728. The molecule has 2 aliphatic heterocycles. The second-order valence-corrected chi connectivity index (χ2v) is 7.23. The number of carboxylic acids is 1. The van der Waals surface area contributed by atoms with Crippen molar-refractivity contribution in [3.63, 3.8) is 0 Å². The predicted octanol–water partition coefficient (Wildman–Crippen LogP) is 0.778. The molecule has 1 aromatic carbocycles. The molecule has 0 saturated carbocycles. The number of carboxylic acid groups (broad SMARTS) is 1. The van der Waals surface area contributed by atoms with Crippen molar-refractivity contribution < 1.29 is 14.7 Å². The first kappa shape index (κ1) is 17.9. The lowest BCUT2D eigenvalue weighted by Crippen LogP contribution is -2.57.